The summed E-state index contributed by atoms with van der Waals surface area (Å²) in [4.78, 5) is 15.6. The van der Waals surface area contributed by atoms with Crippen LogP contribution in [0, 0.1) is 0 Å². The Labute approximate surface area is 138 Å². The fourth-order valence-corrected chi connectivity index (χ4v) is 3.34. The average molecular weight is 333 g/mol. The van der Waals surface area contributed by atoms with Crippen LogP contribution in [0.1, 0.15) is 53.6 Å². The Kier molecular flexibility index (Phi) is 4.43. The minimum atomic E-state index is -4.48. The van der Waals surface area contributed by atoms with Gasteiger partial charge >= 0.3 is 6.18 Å². The summed E-state index contributed by atoms with van der Waals surface area (Å²) in [5, 5.41) is 0. The predicted octanol–water partition coefficient (Wildman–Crippen LogP) is 4.70. The van der Waals surface area contributed by atoms with Crippen LogP contribution in [0.2, 0.25) is 0 Å². The maximum atomic E-state index is 12.7. The number of Topliss-reactive ketones (excluding diaryl/α,β-unsaturated/α-hetero) is 1. The predicted molar refractivity (Wildman–Crippen MR) is 84.8 cm³/mol. The van der Waals surface area contributed by atoms with Crippen LogP contribution in [0.3, 0.4) is 0 Å². The summed E-state index contributed by atoms with van der Waals surface area (Å²) in [6, 6.07) is 8.26. The highest BCUT2D eigenvalue weighted by atomic mass is 19.4. The van der Waals surface area contributed by atoms with E-state index in [1.807, 2.05) is 18.2 Å². The van der Waals surface area contributed by atoms with Gasteiger partial charge in [-0.2, -0.15) is 13.2 Å². The number of aromatic nitrogens is 1. The van der Waals surface area contributed by atoms with E-state index in [2.05, 4.69) is 4.98 Å². The first-order valence-electron chi connectivity index (χ1n) is 8.01. The van der Waals surface area contributed by atoms with E-state index in [-0.39, 0.29) is 5.78 Å². The number of ketones is 1. The monoisotopic (exact) mass is 333 g/mol. The molecule has 126 valence electrons. The number of fused-ring (bicyclic) bond motifs is 1. The van der Waals surface area contributed by atoms with E-state index < -0.39 is 17.8 Å². The highest BCUT2D eigenvalue weighted by Crippen LogP contribution is 2.32. The number of carbonyl (C=O) groups excluding carboxylic acids is 1. The number of halogens is 3. The number of hydrogen-bond acceptors (Lipinski definition) is 2. The molecule has 0 amide bonds. The van der Waals surface area contributed by atoms with Gasteiger partial charge in [0, 0.05) is 6.20 Å². The molecule has 1 aromatic carbocycles. The Hall–Kier alpha value is -2.17. The Balaban J connectivity index is 1.97. The van der Waals surface area contributed by atoms with Crippen molar-refractivity contribution in [1.29, 1.82) is 0 Å². The molecule has 0 N–H and O–H groups in total. The van der Waals surface area contributed by atoms with Gasteiger partial charge in [0.05, 0.1) is 5.92 Å². The van der Waals surface area contributed by atoms with E-state index in [4.69, 9.17) is 0 Å². The molecular weight excluding hydrogens is 315 g/mol. The number of carbonyl (C=O) groups is 1. The second-order valence-corrected chi connectivity index (χ2v) is 6.25. The zero-order valence-electron chi connectivity index (χ0n) is 13.4. The molecule has 0 saturated heterocycles. The van der Waals surface area contributed by atoms with Crippen molar-refractivity contribution in [1.82, 2.24) is 4.98 Å². The number of benzene rings is 1. The highest BCUT2D eigenvalue weighted by Gasteiger charge is 2.32. The fraction of sp³-hybridized carbons (Fsp3) is 0.368. The topological polar surface area (TPSA) is 30.0 Å². The standard InChI is InChI=1S/C19H18F3NO/c1-12(24)18(16-8-9-17(23-11-16)19(20,21)22)15-7-6-13-4-2-3-5-14(13)10-15/h6-11,18H,2-5H2,1H3. The van der Waals surface area contributed by atoms with Crippen molar-refractivity contribution >= 4 is 5.78 Å². The van der Waals surface area contributed by atoms with Crippen LogP contribution < -0.4 is 0 Å². The zero-order valence-corrected chi connectivity index (χ0v) is 13.4. The lowest BCUT2D eigenvalue weighted by atomic mass is 9.84. The van der Waals surface area contributed by atoms with E-state index in [9.17, 15) is 18.0 Å². The number of aryl methyl sites for hydroxylation is 2. The second-order valence-electron chi connectivity index (χ2n) is 6.25. The van der Waals surface area contributed by atoms with E-state index in [0.717, 1.165) is 37.1 Å². The summed E-state index contributed by atoms with van der Waals surface area (Å²) in [6.07, 6.45) is 1.01. The summed E-state index contributed by atoms with van der Waals surface area (Å²) in [5.41, 5.74) is 2.91. The lowest BCUT2D eigenvalue weighted by Gasteiger charge is -2.20. The third kappa shape index (κ3) is 3.35. The van der Waals surface area contributed by atoms with Crippen molar-refractivity contribution in [3.63, 3.8) is 0 Å². The van der Waals surface area contributed by atoms with Gasteiger partial charge in [-0.05, 0) is 60.9 Å². The molecule has 0 radical (unpaired) electrons. The summed E-state index contributed by atoms with van der Waals surface area (Å²) < 4.78 is 38.0. The second kappa shape index (κ2) is 6.38. The lowest BCUT2D eigenvalue weighted by Crippen LogP contribution is -2.14. The van der Waals surface area contributed by atoms with Gasteiger partial charge < -0.3 is 0 Å². The third-order valence-corrected chi connectivity index (χ3v) is 4.52. The molecule has 3 rings (SSSR count). The number of hydrogen-bond donors (Lipinski definition) is 0. The largest absolute Gasteiger partial charge is 0.433 e. The molecule has 1 aliphatic rings. The summed E-state index contributed by atoms with van der Waals surface area (Å²) in [7, 11) is 0. The molecule has 1 aliphatic carbocycles. The Morgan fingerprint density at radius 3 is 2.29 bits per heavy atom. The van der Waals surface area contributed by atoms with Gasteiger partial charge in [0.2, 0.25) is 0 Å². The van der Waals surface area contributed by atoms with E-state index in [1.54, 1.807) is 0 Å². The third-order valence-electron chi connectivity index (χ3n) is 4.52. The van der Waals surface area contributed by atoms with Gasteiger partial charge in [-0.25, -0.2) is 0 Å². The van der Waals surface area contributed by atoms with Gasteiger partial charge in [0.25, 0.3) is 0 Å². The van der Waals surface area contributed by atoms with Crippen molar-refractivity contribution in [2.45, 2.75) is 44.7 Å². The van der Waals surface area contributed by atoms with Crippen LogP contribution in [0.15, 0.2) is 36.5 Å². The number of pyridine rings is 1. The zero-order chi connectivity index (χ0) is 17.3. The molecule has 0 fully saturated rings. The summed E-state index contributed by atoms with van der Waals surface area (Å²) >= 11 is 0. The highest BCUT2D eigenvalue weighted by molar-refractivity contribution is 5.86. The van der Waals surface area contributed by atoms with Gasteiger partial charge in [-0.3, -0.25) is 9.78 Å². The van der Waals surface area contributed by atoms with Crippen LogP contribution in [-0.4, -0.2) is 10.8 Å². The van der Waals surface area contributed by atoms with E-state index in [1.165, 1.54) is 30.5 Å². The molecular formula is C19H18F3NO. The van der Waals surface area contributed by atoms with E-state index in [0.29, 0.717) is 5.56 Å². The van der Waals surface area contributed by atoms with Crippen molar-refractivity contribution in [2.24, 2.45) is 0 Å². The van der Waals surface area contributed by atoms with Crippen molar-refractivity contribution in [3.8, 4) is 0 Å². The number of rotatable bonds is 3. The molecule has 0 saturated carbocycles. The van der Waals surface area contributed by atoms with Gasteiger partial charge in [0.15, 0.2) is 0 Å². The molecule has 2 aromatic rings. The molecule has 24 heavy (non-hydrogen) atoms. The normalized spacial score (nSPS) is 15.7. The molecule has 2 nitrogen and oxygen atoms in total. The van der Waals surface area contributed by atoms with E-state index >= 15 is 0 Å². The SMILES string of the molecule is CC(=O)C(c1ccc(C(F)(F)F)nc1)c1ccc2c(c1)CCCC2. The summed E-state index contributed by atoms with van der Waals surface area (Å²) in [6.45, 7) is 1.46. The van der Waals surface area contributed by atoms with Crippen LogP contribution in [0.5, 0.6) is 0 Å². The first-order valence-corrected chi connectivity index (χ1v) is 8.01. The Bertz CT molecular complexity index is 750. The first kappa shape index (κ1) is 16.7. The van der Waals surface area contributed by atoms with Crippen LogP contribution in [0.4, 0.5) is 13.2 Å². The number of nitrogens with zero attached hydrogens (tertiary/aromatic N) is 1. The molecule has 1 heterocycles. The molecule has 0 aliphatic heterocycles. The van der Waals surface area contributed by atoms with Gasteiger partial charge in [-0.15, -0.1) is 0 Å². The molecule has 5 heteroatoms. The Morgan fingerprint density at radius 1 is 1.04 bits per heavy atom. The van der Waals surface area contributed by atoms with Gasteiger partial charge in [-0.1, -0.05) is 24.3 Å². The molecule has 0 spiro atoms. The van der Waals surface area contributed by atoms with Crippen molar-refractivity contribution < 1.29 is 18.0 Å². The molecule has 1 unspecified atom stereocenters. The minimum Gasteiger partial charge on any atom is -0.299 e. The average Bonchev–Trinajstić information content (AvgIpc) is 2.54. The Morgan fingerprint density at radius 2 is 1.71 bits per heavy atom. The lowest BCUT2D eigenvalue weighted by molar-refractivity contribution is -0.141. The van der Waals surface area contributed by atoms with Crippen LogP contribution >= 0.6 is 0 Å². The number of alkyl halides is 3. The maximum absolute atomic E-state index is 12.7. The molecule has 0 bridgehead atoms. The maximum Gasteiger partial charge on any atom is 0.433 e. The fourth-order valence-electron chi connectivity index (χ4n) is 3.34. The first-order chi connectivity index (χ1) is 11.4. The van der Waals surface area contributed by atoms with Crippen molar-refractivity contribution in [2.75, 3.05) is 0 Å². The van der Waals surface area contributed by atoms with Gasteiger partial charge in [0.1, 0.15) is 11.5 Å². The summed E-state index contributed by atoms with van der Waals surface area (Å²) in [5.74, 6) is -0.681. The minimum absolute atomic E-state index is 0.104. The van der Waals surface area contributed by atoms with Crippen LogP contribution in [0.25, 0.3) is 0 Å². The smallest absolute Gasteiger partial charge is 0.299 e. The van der Waals surface area contributed by atoms with Crippen LogP contribution in [-0.2, 0) is 23.8 Å². The van der Waals surface area contributed by atoms with Crippen molar-refractivity contribution in [3.05, 3.63) is 64.5 Å². The quantitative estimate of drug-likeness (QED) is 0.815. The molecule has 1 atom stereocenters. The molecule has 1 aromatic heterocycles.